The summed E-state index contributed by atoms with van der Waals surface area (Å²) in [7, 11) is 0. The number of nitrogens with zero attached hydrogens (tertiary/aromatic N) is 1. The van der Waals surface area contributed by atoms with Crippen LogP contribution in [0.15, 0.2) is 40.9 Å². The molecule has 0 aliphatic rings. The Balaban J connectivity index is 2.02. The van der Waals surface area contributed by atoms with Crippen LogP contribution < -0.4 is 4.74 Å². The van der Waals surface area contributed by atoms with Crippen molar-refractivity contribution >= 4 is 32.6 Å². The highest BCUT2D eigenvalue weighted by Gasteiger charge is 2.04. The third-order valence-corrected chi connectivity index (χ3v) is 3.20. The molecule has 0 bridgehead atoms. The highest BCUT2D eigenvalue weighted by molar-refractivity contribution is 9.10. The molecule has 0 heterocycles. The molecule has 0 saturated heterocycles. The maximum absolute atomic E-state index is 10.8. The SMILES string of the molecule is CC(=O)N(O)CCOc1ccc2cc(Br)ccc2c1. The van der Waals surface area contributed by atoms with E-state index in [4.69, 9.17) is 4.74 Å². The number of fused-ring (bicyclic) bond motifs is 1. The van der Waals surface area contributed by atoms with E-state index in [0.717, 1.165) is 15.2 Å². The van der Waals surface area contributed by atoms with Gasteiger partial charge in [0.2, 0.25) is 5.91 Å². The first kappa shape index (κ1) is 13.8. The lowest BCUT2D eigenvalue weighted by atomic mass is 10.1. The first-order valence-electron chi connectivity index (χ1n) is 5.85. The molecule has 1 N–H and O–H groups in total. The number of ether oxygens (including phenoxy) is 1. The molecular formula is C14H14BrNO3. The largest absolute Gasteiger partial charge is 0.492 e. The highest BCUT2D eigenvalue weighted by atomic mass is 79.9. The molecule has 0 spiro atoms. The first-order chi connectivity index (χ1) is 9.06. The molecule has 0 aromatic heterocycles. The Kier molecular flexibility index (Phi) is 4.39. The summed E-state index contributed by atoms with van der Waals surface area (Å²) in [5.41, 5.74) is 0. The van der Waals surface area contributed by atoms with Gasteiger partial charge in [-0.25, -0.2) is 5.06 Å². The van der Waals surface area contributed by atoms with Gasteiger partial charge in [0.15, 0.2) is 0 Å². The van der Waals surface area contributed by atoms with Crippen molar-refractivity contribution in [2.75, 3.05) is 13.2 Å². The molecule has 0 aliphatic carbocycles. The van der Waals surface area contributed by atoms with Crippen LogP contribution in [-0.2, 0) is 4.79 Å². The predicted octanol–water partition coefficient (Wildman–Crippen LogP) is 3.22. The fourth-order valence-electron chi connectivity index (χ4n) is 1.69. The van der Waals surface area contributed by atoms with Gasteiger partial charge in [0.25, 0.3) is 0 Å². The maximum atomic E-state index is 10.8. The van der Waals surface area contributed by atoms with Crippen molar-refractivity contribution in [3.05, 3.63) is 40.9 Å². The fourth-order valence-corrected chi connectivity index (χ4v) is 2.07. The number of hydrogen-bond donors (Lipinski definition) is 1. The number of hydrogen-bond acceptors (Lipinski definition) is 3. The number of halogens is 1. The lowest BCUT2D eigenvalue weighted by Gasteiger charge is -2.13. The average molecular weight is 324 g/mol. The quantitative estimate of drug-likeness (QED) is 0.694. The van der Waals surface area contributed by atoms with Gasteiger partial charge in [-0.1, -0.05) is 28.1 Å². The molecule has 0 fully saturated rings. The van der Waals surface area contributed by atoms with Crippen LogP contribution in [0.5, 0.6) is 5.75 Å². The van der Waals surface area contributed by atoms with Crippen molar-refractivity contribution in [1.82, 2.24) is 5.06 Å². The second kappa shape index (κ2) is 6.04. The predicted molar refractivity (Wildman–Crippen MR) is 76.3 cm³/mol. The molecule has 1 amide bonds. The van der Waals surface area contributed by atoms with Crippen LogP contribution in [0.3, 0.4) is 0 Å². The third-order valence-electron chi connectivity index (χ3n) is 2.71. The van der Waals surface area contributed by atoms with Crippen LogP contribution in [0.2, 0.25) is 0 Å². The van der Waals surface area contributed by atoms with E-state index in [1.54, 1.807) is 0 Å². The van der Waals surface area contributed by atoms with Gasteiger partial charge in [0.05, 0.1) is 6.54 Å². The van der Waals surface area contributed by atoms with Crippen molar-refractivity contribution < 1.29 is 14.7 Å². The van der Waals surface area contributed by atoms with E-state index >= 15 is 0 Å². The van der Waals surface area contributed by atoms with Crippen LogP contribution in [0.1, 0.15) is 6.92 Å². The standard InChI is InChI=1S/C14H14BrNO3/c1-10(17)16(18)6-7-19-14-5-3-11-8-13(15)4-2-12(11)9-14/h2-5,8-9,18H,6-7H2,1H3. The summed E-state index contributed by atoms with van der Waals surface area (Å²) in [6, 6.07) is 11.8. The zero-order valence-corrected chi connectivity index (χ0v) is 12.1. The minimum atomic E-state index is -0.396. The Morgan fingerprint density at radius 3 is 2.68 bits per heavy atom. The summed E-state index contributed by atoms with van der Waals surface area (Å²) < 4.78 is 6.53. The minimum absolute atomic E-state index is 0.147. The highest BCUT2D eigenvalue weighted by Crippen LogP contribution is 2.24. The topological polar surface area (TPSA) is 49.8 Å². The van der Waals surface area contributed by atoms with Gasteiger partial charge in [-0.2, -0.15) is 0 Å². The molecule has 19 heavy (non-hydrogen) atoms. The molecule has 0 aliphatic heterocycles. The lowest BCUT2D eigenvalue weighted by molar-refractivity contribution is -0.163. The summed E-state index contributed by atoms with van der Waals surface area (Å²) in [5.74, 6) is 0.318. The number of hydroxylamine groups is 2. The molecular weight excluding hydrogens is 310 g/mol. The Labute approximate surface area is 119 Å². The number of benzene rings is 2. The third kappa shape index (κ3) is 3.68. The second-order valence-corrected chi connectivity index (χ2v) is 5.06. The molecule has 5 heteroatoms. The van der Waals surface area contributed by atoms with Crippen LogP contribution in [-0.4, -0.2) is 29.3 Å². The van der Waals surface area contributed by atoms with Gasteiger partial charge in [-0.15, -0.1) is 0 Å². The molecule has 0 saturated carbocycles. The minimum Gasteiger partial charge on any atom is -0.492 e. The molecule has 0 radical (unpaired) electrons. The Bertz CT molecular complexity index is 600. The fraction of sp³-hybridized carbons (Fsp3) is 0.214. The second-order valence-electron chi connectivity index (χ2n) is 4.14. The first-order valence-corrected chi connectivity index (χ1v) is 6.64. The van der Waals surface area contributed by atoms with Crippen molar-refractivity contribution in [1.29, 1.82) is 0 Å². The van der Waals surface area contributed by atoms with E-state index in [9.17, 15) is 10.0 Å². The van der Waals surface area contributed by atoms with Crippen molar-refractivity contribution in [2.45, 2.75) is 6.92 Å². The van der Waals surface area contributed by atoms with Gasteiger partial charge in [-0.3, -0.25) is 10.0 Å². The Morgan fingerprint density at radius 2 is 1.95 bits per heavy atom. The summed E-state index contributed by atoms with van der Waals surface area (Å²) in [6.07, 6.45) is 0. The van der Waals surface area contributed by atoms with Gasteiger partial charge in [-0.05, 0) is 35.0 Å². The molecule has 100 valence electrons. The lowest BCUT2D eigenvalue weighted by Crippen LogP contribution is -2.29. The van der Waals surface area contributed by atoms with Crippen LogP contribution in [0.25, 0.3) is 10.8 Å². The molecule has 4 nitrogen and oxygen atoms in total. The molecule has 2 aromatic rings. The summed E-state index contributed by atoms with van der Waals surface area (Å²) >= 11 is 3.43. The summed E-state index contributed by atoms with van der Waals surface area (Å²) in [5, 5.41) is 12.0. The Hall–Kier alpha value is -1.59. The van der Waals surface area contributed by atoms with E-state index in [1.165, 1.54) is 6.92 Å². The van der Waals surface area contributed by atoms with E-state index in [0.29, 0.717) is 10.8 Å². The van der Waals surface area contributed by atoms with Crippen molar-refractivity contribution in [2.24, 2.45) is 0 Å². The van der Waals surface area contributed by atoms with Crippen molar-refractivity contribution in [3.8, 4) is 5.75 Å². The Morgan fingerprint density at radius 1 is 1.26 bits per heavy atom. The van der Waals surface area contributed by atoms with Crippen LogP contribution in [0, 0.1) is 0 Å². The number of carbonyl (C=O) groups excluding carboxylic acids is 1. The molecule has 0 atom stereocenters. The maximum Gasteiger partial charge on any atom is 0.242 e. The monoisotopic (exact) mass is 323 g/mol. The van der Waals surface area contributed by atoms with Crippen LogP contribution >= 0.6 is 15.9 Å². The van der Waals surface area contributed by atoms with Crippen LogP contribution in [0.4, 0.5) is 0 Å². The van der Waals surface area contributed by atoms with E-state index in [1.807, 2.05) is 36.4 Å². The summed E-state index contributed by atoms with van der Waals surface area (Å²) in [6.45, 7) is 1.69. The zero-order valence-electron chi connectivity index (χ0n) is 10.5. The summed E-state index contributed by atoms with van der Waals surface area (Å²) in [4.78, 5) is 10.8. The number of amides is 1. The van der Waals surface area contributed by atoms with Gasteiger partial charge < -0.3 is 4.74 Å². The van der Waals surface area contributed by atoms with E-state index < -0.39 is 5.91 Å². The molecule has 2 rings (SSSR count). The van der Waals surface area contributed by atoms with E-state index in [2.05, 4.69) is 15.9 Å². The zero-order chi connectivity index (χ0) is 13.8. The van der Waals surface area contributed by atoms with Gasteiger partial charge >= 0.3 is 0 Å². The normalized spacial score (nSPS) is 10.5. The van der Waals surface area contributed by atoms with E-state index in [-0.39, 0.29) is 13.2 Å². The molecule has 2 aromatic carbocycles. The number of rotatable bonds is 4. The average Bonchev–Trinajstić information content (AvgIpc) is 2.38. The smallest absolute Gasteiger partial charge is 0.242 e. The van der Waals surface area contributed by atoms with Gasteiger partial charge in [0.1, 0.15) is 12.4 Å². The molecule has 0 unspecified atom stereocenters. The number of carbonyl (C=O) groups is 1. The van der Waals surface area contributed by atoms with Crippen molar-refractivity contribution in [3.63, 3.8) is 0 Å². The van der Waals surface area contributed by atoms with Gasteiger partial charge in [0, 0.05) is 11.4 Å².